The van der Waals surface area contributed by atoms with Gasteiger partial charge in [-0.05, 0) is 19.5 Å². The van der Waals surface area contributed by atoms with Crippen LogP contribution in [0.2, 0.25) is 0 Å². The summed E-state index contributed by atoms with van der Waals surface area (Å²) in [4.78, 5) is 4.59. The Bertz CT molecular complexity index is 903. The van der Waals surface area contributed by atoms with Crippen molar-refractivity contribution in [1.82, 2.24) is 29.1 Å². The lowest BCUT2D eigenvalue weighted by molar-refractivity contribution is 0.116. The van der Waals surface area contributed by atoms with E-state index in [9.17, 15) is 8.42 Å². The second-order valence-corrected chi connectivity index (χ2v) is 9.97. The number of piperazine rings is 1. The van der Waals surface area contributed by atoms with Crippen LogP contribution in [-0.2, 0) is 23.1 Å². The van der Waals surface area contributed by atoms with Crippen molar-refractivity contribution in [1.29, 1.82) is 0 Å². The van der Waals surface area contributed by atoms with Crippen molar-refractivity contribution < 1.29 is 8.42 Å². The van der Waals surface area contributed by atoms with Gasteiger partial charge in [0.2, 0.25) is 10.0 Å². The first kappa shape index (κ1) is 19.5. The molecule has 2 aliphatic rings. The molecular weight excluding hydrogens is 376 g/mol. The number of hydrogen-bond donors (Lipinski definition) is 0. The van der Waals surface area contributed by atoms with Gasteiger partial charge in [-0.3, -0.25) is 4.90 Å². The molecule has 0 N–H and O–H groups in total. The monoisotopic (exact) mass is 404 g/mol. The van der Waals surface area contributed by atoms with Crippen LogP contribution >= 0.6 is 0 Å². The van der Waals surface area contributed by atoms with Gasteiger partial charge < -0.3 is 4.90 Å². The maximum Gasteiger partial charge on any atom is 0.216 e. The molecule has 1 atom stereocenters. The molecule has 0 bridgehead atoms. The Balaban J connectivity index is 1.38. The van der Waals surface area contributed by atoms with Gasteiger partial charge in [0, 0.05) is 38.8 Å². The molecule has 28 heavy (non-hydrogen) atoms. The summed E-state index contributed by atoms with van der Waals surface area (Å²) in [5.41, 5.74) is 3.05. The maximum absolute atomic E-state index is 12.6. The predicted octanol–water partition coefficient (Wildman–Crippen LogP) is 0.396. The van der Waals surface area contributed by atoms with Crippen LogP contribution in [0.25, 0.3) is 0 Å². The minimum absolute atomic E-state index is 0.0707. The first-order valence-corrected chi connectivity index (χ1v) is 11.3. The Kier molecular flexibility index (Phi) is 5.50. The summed E-state index contributed by atoms with van der Waals surface area (Å²) in [6.45, 7) is 7.35. The van der Waals surface area contributed by atoms with Gasteiger partial charge in [-0.2, -0.15) is 4.31 Å². The Morgan fingerprint density at radius 2 is 1.79 bits per heavy atom. The standard InChI is InChI=1S/C19H28N6O2S/c1-16-3-5-17(6-4-16)11-24-12-18(20-21-24)13-25-14-19(15-28(25,26)27)23-9-7-22(2)8-10-23/h3-6,12,19H,7-11,13-15H2,1-2H3. The zero-order valence-corrected chi connectivity index (χ0v) is 17.3. The van der Waals surface area contributed by atoms with Crippen molar-refractivity contribution in [2.24, 2.45) is 0 Å². The van der Waals surface area contributed by atoms with E-state index in [1.54, 1.807) is 8.99 Å². The number of nitrogens with zero attached hydrogens (tertiary/aromatic N) is 6. The van der Waals surface area contributed by atoms with E-state index in [0.29, 0.717) is 25.3 Å². The number of hydrogen-bond acceptors (Lipinski definition) is 6. The average molecular weight is 405 g/mol. The van der Waals surface area contributed by atoms with Crippen LogP contribution in [-0.4, -0.2) is 89.1 Å². The van der Waals surface area contributed by atoms with Gasteiger partial charge in [0.25, 0.3) is 0 Å². The van der Waals surface area contributed by atoms with E-state index in [4.69, 9.17) is 0 Å². The number of sulfonamides is 1. The number of benzene rings is 1. The minimum Gasteiger partial charge on any atom is -0.304 e. The molecule has 1 unspecified atom stereocenters. The van der Waals surface area contributed by atoms with E-state index in [0.717, 1.165) is 31.7 Å². The van der Waals surface area contributed by atoms with Crippen LogP contribution in [0.5, 0.6) is 0 Å². The molecule has 3 heterocycles. The Labute approximate surface area is 166 Å². The SMILES string of the molecule is Cc1ccc(Cn2cc(CN3CC(N4CCN(C)CC4)CS3(=O)=O)nn2)cc1. The van der Waals surface area contributed by atoms with E-state index >= 15 is 0 Å². The third kappa shape index (κ3) is 4.43. The number of rotatable bonds is 5. The van der Waals surface area contributed by atoms with E-state index in [2.05, 4.69) is 58.3 Å². The number of aromatic nitrogens is 3. The fourth-order valence-corrected chi connectivity index (χ4v) is 5.61. The Morgan fingerprint density at radius 3 is 2.50 bits per heavy atom. The molecule has 0 spiro atoms. The van der Waals surface area contributed by atoms with Crippen LogP contribution < -0.4 is 0 Å². The molecule has 152 valence electrons. The van der Waals surface area contributed by atoms with Crippen molar-refractivity contribution in [3.63, 3.8) is 0 Å². The highest BCUT2D eigenvalue weighted by molar-refractivity contribution is 7.89. The lowest BCUT2D eigenvalue weighted by atomic mass is 10.1. The summed E-state index contributed by atoms with van der Waals surface area (Å²) in [6, 6.07) is 8.36. The molecule has 0 saturated carbocycles. The molecule has 0 radical (unpaired) electrons. The first-order chi connectivity index (χ1) is 13.4. The fourth-order valence-electron chi connectivity index (χ4n) is 3.87. The number of aryl methyl sites for hydroxylation is 1. The highest BCUT2D eigenvalue weighted by Crippen LogP contribution is 2.22. The molecule has 2 saturated heterocycles. The van der Waals surface area contributed by atoms with Gasteiger partial charge in [0.05, 0.1) is 30.7 Å². The lowest BCUT2D eigenvalue weighted by Gasteiger charge is -2.35. The van der Waals surface area contributed by atoms with Gasteiger partial charge in [-0.15, -0.1) is 5.10 Å². The van der Waals surface area contributed by atoms with Gasteiger partial charge in [0.15, 0.2) is 0 Å². The molecule has 0 amide bonds. The molecule has 1 aromatic heterocycles. The average Bonchev–Trinajstić information content (AvgIpc) is 3.22. The molecule has 1 aromatic carbocycles. The second kappa shape index (κ2) is 7.90. The molecule has 2 aliphatic heterocycles. The third-order valence-corrected chi connectivity index (χ3v) is 7.53. The minimum atomic E-state index is -3.25. The maximum atomic E-state index is 12.6. The first-order valence-electron chi connectivity index (χ1n) is 9.74. The van der Waals surface area contributed by atoms with E-state index < -0.39 is 10.0 Å². The molecule has 4 rings (SSSR count). The number of likely N-dealkylation sites (N-methyl/N-ethyl adjacent to an activating group) is 1. The predicted molar refractivity (Wildman–Crippen MR) is 107 cm³/mol. The zero-order chi connectivity index (χ0) is 19.7. The van der Waals surface area contributed by atoms with Crippen molar-refractivity contribution in [2.45, 2.75) is 26.1 Å². The lowest BCUT2D eigenvalue weighted by Crippen LogP contribution is -2.50. The third-order valence-electron chi connectivity index (χ3n) is 5.65. The molecular formula is C19H28N6O2S. The van der Waals surface area contributed by atoms with E-state index in [1.807, 2.05) is 6.20 Å². The van der Waals surface area contributed by atoms with Gasteiger partial charge in [-0.25, -0.2) is 13.1 Å². The highest BCUT2D eigenvalue weighted by atomic mass is 32.2. The van der Waals surface area contributed by atoms with E-state index in [1.165, 1.54) is 5.56 Å². The Hall–Kier alpha value is -1.81. The van der Waals surface area contributed by atoms with Crippen molar-refractivity contribution >= 4 is 10.0 Å². The summed E-state index contributed by atoms with van der Waals surface area (Å²) in [5.74, 6) is 0.203. The van der Waals surface area contributed by atoms with Crippen LogP contribution in [0.4, 0.5) is 0 Å². The largest absolute Gasteiger partial charge is 0.304 e. The van der Waals surface area contributed by atoms with Crippen LogP contribution in [0.3, 0.4) is 0 Å². The van der Waals surface area contributed by atoms with Gasteiger partial charge in [0.1, 0.15) is 0 Å². The normalized spacial score (nSPS) is 24.0. The zero-order valence-electron chi connectivity index (χ0n) is 16.5. The molecule has 2 aromatic rings. The van der Waals surface area contributed by atoms with Crippen LogP contribution in [0.15, 0.2) is 30.5 Å². The molecule has 8 nitrogen and oxygen atoms in total. The molecule has 0 aliphatic carbocycles. The fraction of sp³-hybridized carbons (Fsp3) is 0.579. The summed E-state index contributed by atoms with van der Waals surface area (Å²) >= 11 is 0. The van der Waals surface area contributed by atoms with Crippen molar-refractivity contribution in [3.05, 3.63) is 47.3 Å². The van der Waals surface area contributed by atoms with Crippen LogP contribution in [0.1, 0.15) is 16.8 Å². The molecule has 9 heteroatoms. The quantitative estimate of drug-likeness (QED) is 0.718. The second-order valence-electron chi connectivity index (χ2n) is 7.96. The summed E-state index contributed by atoms with van der Waals surface area (Å²) < 4.78 is 28.6. The van der Waals surface area contributed by atoms with Gasteiger partial charge in [-0.1, -0.05) is 35.0 Å². The van der Waals surface area contributed by atoms with Gasteiger partial charge >= 0.3 is 0 Å². The summed E-state index contributed by atoms with van der Waals surface area (Å²) in [7, 11) is -1.14. The Morgan fingerprint density at radius 1 is 1.07 bits per heavy atom. The highest BCUT2D eigenvalue weighted by Gasteiger charge is 2.39. The topological polar surface area (TPSA) is 74.6 Å². The molecule has 2 fully saturated rings. The van der Waals surface area contributed by atoms with Crippen molar-refractivity contribution in [2.75, 3.05) is 45.5 Å². The van der Waals surface area contributed by atoms with Crippen molar-refractivity contribution in [3.8, 4) is 0 Å². The summed E-state index contributed by atoms with van der Waals surface area (Å²) in [6.07, 6.45) is 1.85. The van der Waals surface area contributed by atoms with E-state index in [-0.39, 0.29) is 11.8 Å². The summed E-state index contributed by atoms with van der Waals surface area (Å²) in [5, 5.41) is 8.36. The van der Waals surface area contributed by atoms with Crippen LogP contribution in [0, 0.1) is 6.92 Å². The smallest absolute Gasteiger partial charge is 0.216 e.